The lowest BCUT2D eigenvalue weighted by Crippen LogP contribution is -2.27. The third-order valence-electron chi connectivity index (χ3n) is 3.80. The van der Waals surface area contributed by atoms with Gasteiger partial charge in [0.25, 0.3) is 5.56 Å². The summed E-state index contributed by atoms with van der Waals surface area (Å²) in [6.07, 6.45) is 2.00. The number of nitrogens with zero attached hydrogens (tertiary/aromatic N) is 2. The van der Waals surface area contributed by atoms with Crippen LogP contribution in [-0.2, 0) is 13.0 Å². The minimum absolute atomic E-state index is 0.173. The number of hydrogen-bond donors (Lipinski definition) is 1. The van der Waals surface area contributed by atoms with E-state index in [1.807, 2.05) is 30.3 Å². The van der Waals surface area contributed by atoms with Crippen molar-refractivity contribution in [2.45, 2.75) is 25.5 Å². The number of hydrogen-bond acceptors (Lipinski definition) is 3. The van der Waals surface area contributed by atoms with Gasteiger partial charge in [0.15, 0.2) is 0 Å². The van der Waals surface area contributed by atoms with Gasteiger partial charge in [0.2, 0.25) is 0 Å². The smallest absolute Gasteiger partial charge is 0.261 e. The van der Waals surface area contributed by atoms with E-state index < -0.39 is 11.9 Å². The quantitative estimate of drug-likeness (QED) is 0.787. The Morgan fingerprint density at radius 2 is 1.96 bits per heavy atom. The summed E-state index contributed by atoms with van der Waals surface area (Å²) >= 11 is 0. The first-order valence-corrected chi connectivity index (χ1v) is 7.50. The van der Waals surface area contributed by atoms with Crippen LogP contribution in [0, 0.1) is 5.82 Å². The first-order chi connectivity index (χ1) is 11.1. The Kier molecular flexibility index (Phi) is 4.48. The predicted octanol–water partition coefficient (Wildman–Crippen LogP) is 2.53. The molecule has 0 aliphatic heterocycles. The molecule has 0 saturated heterocycles. The van der Waals surface area contributed by atoms with Gasteiger partial charge in [0.05, 0.1) is 29.9 Å². The molecule has 118 valence electrons. The molecule has 3 aromatic rings. The van der Waals surface area contributed by atoms with Crippen LogP contribution in [0.25, 0.3) is 10.9 Å². The minimum atomic E-state index is -0.646. The van der Waals surface area contributed by atoms with Crippen molar-refractivity contribution in [1.29, 1.82) is 0 Å². The summed E-state index contributed by atoms with van der Waals surface area (Å²) in [5, 5.41) is 10.5. The lowest BCUT2D eigenvalue weighted by atomic mass is 10.1. The number of benzene rings is 2. The van der Waals surface area contributed by atoms with Gasteiger partial charge < -0.3 is 5.11 Å². The van der Waals surface area contributed by atoms with Crippen molar-refractivity contribution >= 4 is 10.9 Å². The number of halogens is 1. The zero-order valence-electron chi connectivity index (χ0n) is 12.5. The van der Waals surface area contributed by atoms with E-state index in [2.05, 4.69) is 4.98 Å². The molecule has 0 radical (unpaired) electrons. The third kappa shape index (κ3) is 3.63. The van der Waals surface area contributed by atoms with Crippen molar-refractivity contribution in [2.75, 3.05) is 0 Å². The molecule has 1 aromatic heterocycles. The van der Waals surface area contributed by atoms with Gasteiger partial charge in [-0.2, -0.15) is 0 Å². The summed E-state index contributed by atoms with van der Waals surface area (Å²) in [6, 6.07) is 13.8. The molecule has 1 N–H and O–H groups in total. The number of aromatic nitrogens is 2. The molecule has 1 heterocycles. The lowest BCUT2D eigenvalue weighted by molar-refractivity contribution is 0.143. The largest absolute Gasteiger partial charge is 0.391 e. The van der Waals surface area contributed by atoms with Gasteiger partial charge in [-0.15, -0.1) is 0 Å². The number of fused-ring (bicyclic) bond motifs is 1. The molecule has 0 aliphatic carbocycles. The second-order valence-electron chi connectivity index (χ2n) is 5.54. The van der Waals surface area contributed by atoms with Crippen LogP contribution < -0.4 is 5.56 Å². The highest BCUT2D eigenvalue weighted by Crippen LogP contribution is 2.10. The van der Waals surface area contributed by atoms with E-state index in [0.29, 0.717) is 17.3 Å². The van der Waals surface area contributed by atoms with Gasteiger partial charge in [-0.3, -0.25) is 9.36 Å². The maximum atomic E-state index is 13.2. The molecule has 23 heavy (non-hydrogen) atoms. The molecule has 4 nitrogen and oxygen atoms in total. The Labute approximate surface area is 132 Å². The van der Waals surface area contributed by atoms with E-state index in [-0.39, 0.29) is 12.1 Å². The maximum Gasteiger partial charge on any atom is 0.261 e. The van der Waals surface area contributed by atoms with Crippen LogP contribution in [0.1, 0.15) is 12.0 Å². The van der Waals surface area contributed by atoms with Crippen molar-refractivity contribution in [3.63, 3.8) is 0 Å². The molecule has 1 atom stereocenters. The van der Waals surface area contributed by atoms with Crippen LogP contribution in [0.4, 0.5) is 4.39 Å². The lowest BCUT2D eigenvalue weighted by Gasteiger charge is -2.13. The van der Waals surface area contributed by atoms with Crippen molar-refractivity contribution in [3.8, 4) is 0 Å². The van der Waals surface area contributed by atoms with Crippen LogP contribution >= 0.6 is 0 Å². The molecule has 1 unspecified atom stereocenters. The Balaban J connectivity index is 1.72. The molecular formula is C18H17FN2O2. The minimum Gasteiger partial charge on any atom is -0.391 e. The Morgan fingerprint density at radius 1 is 1.17 bits per heavy atom. The summed E-state index contributed by atoms with van der Waals surface area (Å²) < 4.78 is 14.5. The van der Waals surface area contributed by atoms with E-state index in [4.69, 9.17) is 0 Å². The van der Waals surface area contributed by atoms with Crippen LogP contribution in [0.2, 0.25) is 0 Å². The number of aryl methyl sites for hydroxylation is 1. The van der Waals surface area contributed by atoms with E-state index in [1.165, 1.54) is 29.1 Å². The fourth-order valence-corrected chi connectivity index (χ4v) is 2.56. The number of aliphatic hydroxyl groups excluding tert-OH is 1. The van der Waals surface area contributed by atoms with Crippen LogP contribution in [0.5, 0.6) is 0 Å². The Hall–Kier alpha value is -2.53. The summed E-state index contributed by atoms with van der Waals surface area (Å²) in [5.41, 5.74) is 1.20. The SMILES string of the molecule is O=c1c2ccc(F)cc2ncn1CC(O)CCc1ccccc1. The van der Waals surface area contributed by atoms with Crippen molar-refractivity contribution in [3.05, 3.63) is 76.6 Å². The standard InChI is InChI=1S/C18H17FN2O2/c19-14-7-9-16-17(10-14)20-12-21(18(16)23)11-15(22)8-6-13-4-2-1-3-5-13/h1-5,7,9-10,12,15,22H,6,8,11H2. The fourth-order valence-electron chi connectivity index (χ4n) is 2.56. The Morgan fingerprint density at radius 3 is 2.74 bits per heavy atom. The second-order valence-corrected chi connectivity index (χ2v) is 5.54. The number of aliphatic hydroxyl groups is 1. The third-order valence-corrected chi connectivity index (χ3v) is 3.80. The molecule has 3 rings (SSSR count). The summed E-state index contributed by atoms with van der Waals surface area (Å²) in [7, 11) is 0. The molecule has 0 amide bonds. The maximum absolute atomic E-state index is 13.2. The van der Waals surface area contributed by atoms with Crippen LogP contribution in [-0.4, -0.2) is 20.8 Å². The fraction of sp³-hybridized carbons (Fsp3) is 0.222. The van der Waals surface area contributed by atoms with Gasteiger partial charge in [-0.25, -0.2) is 9.37 Å². The van der Waals surface area contributed by atoms with Gasteiger partial charge >= 0.3 is 0 Å². The monoisotopic (exact) mass is 312 g/mol. The van der Waals surface area contributed by atoms with Crippen molar-refractivity contribution in [2.24, 2.45) is 0 Å². The predicted molar refractivity (Wildman–Crippen MR) is 86.7 cm³/mol. The van der Waals surface area contributed by atoms with E-state index >= 15 is 0 Å². The van der Waals surface area contributed by atoms with E-state index in [9.17, 15) is 14.3 Å². The average molecular weight is 312 g/mol. The molecule has 0 bridgehead atoms. The molecular weight excluding hydrogens is 295 g/mol. The highest BCUT2D eigenvalue weighted by Gasteiger charge is 2.10. The van der Waals surface area contributed by atoms with Crippen LogP contribution in [0.3, 0.4) is 0 Å². The zero-order valence-corrected chi connectivity index (χ0v) is 12.5. The van der Waals surface area contributed by atoms with E-state index in [0.717, 1.165) is 12.0 Å². The normalized spacial score (nSPS) is 12.4. The van der Waals surface area contributed by atoms with Crippen LogP contribution in [0.15, 0.2) is 59.7 Å². The van der Waals surface area contributed by atoms with Crippen molar-refractivity contribution < 1.29 is 9.50 Å². The molecule has 5 heteroatoms. The molecule has 0 saturated carbocycles. The summed E-state index contributed by atoms with van der Waals surface area (Å²) in [5.74, 6) is -0.426. The summed E-state index contributed by atoms with van der Waals surface area (Å²) in [4.78, 5) is 16.4. The highest BCUT2D eigenvalue weighted by molar-refractivity contribution is 5.77. The zero-order chi connectivity index (χ0) is 16.2. The highest BCUT2D eigenvalue weighted by atomic mass is 19.1. The van der Waals surface area contributed by atoms with Gasteiger partial charge in [0.1, 0.15) is 5.82 Å². The number of rotatable bonds is 5. The molecule has 0 aliphatic rings. The van der Waals surface area contributed by atoms with Crippen molar-refractivity contribution in [1.82, 2.24) is 9.55 Å². The van der Waals surface area contributed by atoms with Gasteiger partial charge in [0, 0.05) is 6.07 Å². The van der Waals surface area contributed by atoms with Gasteiger partial charge in [-0.05, 0) is 30.5 Å². The molecule has 2 aromatic carbocycles. The topological polar surface area (TPSA) is 55.1 Å². The first kappa shape index (κ1) is 15.4. The molecule has 0 spiro atoms. The Bertz CT molecular complexity index is 862. The first-order valence-electron chi connectivity index (χ1n) is 7.50. The van der Waals surface area contributed by atoms with E-state index in [1.54, 1.807) is 0 Å². The second kappa shape index (κ2) is 6.71. The van der Waals surface area contributed by atoms with Gasteiger partial charge in [-0.1, -0.05) is 30.3 Å². The molecule has 0 fully saturated rings. The average Bonchev–Trinajstić information content (AvgIpc) is 2.56. The summed E-state index contributed by atoms with van der Waals surface area (Å²) in [6.45, 7) is 0.173.